The van der Waals surface area contributed by atoms with Crippen LogP contribution < -0.4 is 0 Å². The summed E-state index contributed by atoms with van der Waals surface area (Å²) < 4.78 is 20.9. The summed E-state index contributed by atoms with van der Waals surface area (Å²) in [7, 11) is 0.198. The van der Waals surface area contributed by atoms with Crippen molar-refractivity contribution in [1.29, 1.82) is 0 Å². The van der Waals surface area contributed by atoms with Gasteiger partial charge >= 0.3 is 7.82 Å². The number of aryl methyl sites for hydroxylation is 2. The maximum absolute atomic E-state index is 13.7. The molecule has 2 aromatic carbocycles. The third kappa shape index (κ3) is 5.89. The number of aromatic nitrogens is 2. The number of carbonyl (C=O) groups is 2. The molecule has 12 heteroatoms. The minimum atomic E-state index is -4.94. The Hall–Kier alpha value is -4.02. The van der Waals surface area contributed by atoms with E-state index in [0.29, 0.717) is 27.1 Å². The third-order valence-electron chi connectivity index (χ3n) is 6.44. The van der Waals surface area contributed by atoms with E-state index in [0.717, 1.165) is 16.4 Å². The van der Waals surface area contributed by atoms with Gasteiger partial charge in [0.25, 0.3) is 17.5 Å². The van der Waals surface area contributed by atoms with Crippen LogP contribution in [0.15, 0.2) is 54.9 Å². The normalized spacial score (nSPS) is 13.3. The van der Waals surface area contributed by atoms with Gasteiger partial charge in [0.05, 0.1) is 16.7 Å². The van der Waals surface area contributed by atoms with Gasteiger partial charge in [-0.15, -0.1) is 0 Å². The third-order valence-corrected chi connectivity index (χ3v) is 6.89. The SMILES string of the molecule is C=[N+](OC)c1ccc2c(C3=C(c4cn(C)c5ccccc45)C(=O)N(COP(=O)(O)O)C3=O)cn(C)c2c1.CC.CC. The Morgan fingerprint density at radius 2 is 1.37 bits per heavy atom. The van der Waals surface area contributed by atoms with Gasteiger partial charge in [0.1, 0.15) is 13.8 Å². The lowest BCUT2D eigenvalue weighted by atomic mass is 9.95. The van der Waals surface area contributed by atoms with Crippen LogP contribution in [0.1, 0.15) is 38.8 Å². The average Bonchev–Trinajstić information content (AvgIpc) is 3.56. The Kier molecular flexibility index (Phi) is 9.73. The van der Waals surface area contributed by atoms with Gasteiger partial charge in [-0.25, -0.2) is 9.46 Å². The van der Waals surface area contributed by atoms with E-state index in [4.69, 9.17) is 4.84 Å². The van der Waals surface area contributed by atoms with Crippen LogP contribution in [-0.2, 0) is 37.6 Å². The molecule has 1 aliphatic rings. The van der Waals surface area contributed by atoms with E-state index in [2.05, 4.69) is 11.2 Å². The second-order valence-electron chi connectivity index (χ2n) is 8.62. The molecule has 0 atom stereocenters. The maximum Gasteiger partial charge on any atom is 0.471 e. The first-order chi connectivity index (χ1) is 19.5. The van der Waals surface area contributed by atoms with Crippen molar-refractivity contribution in [3.05, 3.63) is 66.0 Å². The Labute approximate surface area is 238 Å². The van der Waals surface area contributed by atoms with E-state index < -0.39 is 26.4 Å². The summed E-state index contributed by atoms with van der Waals surface area (Å²) in [5, 5.41) is 1.45. The second kappa shape index (κ2) is 12.7. The zero-order chi connectivity index (χ0) is 30.6. The van der Waals surface area contributed by atoms with Gasteiger partial charge in [0.2, 0.25) is 0 Å². The molecule has 2 aromatic heterocycles. The smallest absolute Gasteiger partial charge is 0.350 e. The van der Waals surface area contributed by atoms with E-state index in [-0.39, 0.29) is 11.1 Å². The monoisotopic (exact) mass is 583 g/mol. The summed E-state index contributed by atoms with van der Waals surface area (Å²) in [6.45, 7) is 10.9. The van der Waals surface area contributed by atoms with Gasteiger partial charge in [-0.05, 0) is 12.1 Å². The zero-order valence-electron chi connectivity index (χ0n) is 24.3. The van der Waals surface area contributed by atoms with Gasteiger partial charge < -0.3 is 18.9 Å². The molecule has 11 nitrogen and oxygen atoms in total. The first-order valence-electron chi connectivity index (χ1n) is 13.1. The highest BCUT2D eigenvalue weighted by atomic mass is 31.2. The number of para-hydroxylation sites is 1. The molecule has 2 N–H and O–H groups in total. The number of fused-ring (bicyclic) bond motifs is 2. The molecule has 2 amide bonds. The summed E-state index contributed by atoms with van der Waals surface area (Å²) in [6.07, 6.45) is 3.51. The number of nitrogens with zero attached hydrogens (tertiary/aromatic N) is 4. The molecular weight excluding hydrogens is 547 g/mol. The standard InChI is InChI=1S/C25H23N4O7P.2C2H6/c1-26-12-18(16-7-5-6-8-20(16)26)22-23(25(31)29(24(22)30)14-36-37(32,33)34)19-13-27(2)21-11-15(28(3)35-4)9-10-17(19)21;2*1-2/h5-13H,3,14H2,1-2,4H3,(H-,32,33,34);2*1-2H3/p+1. The second-order valence-corrected chi connectivity index (χ2v) is 9.86. The van der Waals surface area contributed by atoms with Crippen molar-refractivity contribution in [2.75, 3.05) is 13.8 Å². The van der Waals surface area contributed by atoms with Crippen LogP contribution in [0.2, 0.25) is 0 Å². The van der Waals surface area contributed by atoms with Crippen LogP contribution in [0, 0.1) is 0 Å². The fourth-order valence-corrected chi connectivity index (χ4v) is 4.96. The van der Waals surface area contributed by atoms with Crippen molar-refractivity contribution in [3.63, 3.8) is 0 Å². The molecule has 0 aliphatic carbocycles. The van der Waals surface area contributed by atoms with E-state index in [1.807, 2.05) is 81.3 Å². The van der Waals surface area contributed by atoms with Gasteiger partial charge in [0, 0.05) is 70.8 Å². The number of imide groups is 1. The lowest BCUT2D eigenvalue weighted by molar-refractivity contribution is -0.714. The Balaban J connectivity index is 0.00000111. The average molecular weight is 584 g/mol. The molecule has 0 bridgehead atoms. The minimum absolute atomic E-state index is 0.118. The van der Waals surface area contributed by atoms with Crippen molar-refractivity contribution < 1.29 is 38.0 Å². The first kappa shape index (κ1) is 31.5. The number of phosphoric ester groups is 1. The molecule has 0 spiro atoms. The highest BCUT2D eigenvalue weighted by Crippen LogP contribution is 2.43. The Morgan fingerprint density at radius 1 is 0.854 bits per heavy atom. The van der Waals surface area contributed by atoms with Gasteiger partial charge in [-0.1, -0.05) is 45.9 Å². The summed E-state index contributed by atoms with van der Waals surface area (Å²) in [4.78, 5) is 51.6. The van der Waals surface area contributed by atoms with Gasteiger partial charge in [0.15, 0.2) is 6.72 Å². The number of hydrogen-bond acceptors (Lipinski definition) is 5. The van der Waals surface area contributed by atoms with Crippen LogP contribution in [0.5, 0.6) is 0 Å². The van der Waals surface area contributed by atoms with Crippen molar-refractivity contribution >= 4 is 65.0 Å². The van der Waals surface area contributed by atoms with Crippen LogP contribution in [0.25, 0.3) is 33.0 Å². The predicted molar refractivity (Wildman–Crippen MR) is 159 cm³/mol. The lowest BCUT2D eigenvalue weighted by Gasteiger charge is -2.15. The number of rotatable bonds is 7. The predicted octanol–water partition coefficient (Wildman–Crippen LogP) is 4.97. The van der Waals surface area contributed by atoms with Crippen LogP contribution in [-0.4, -0.2) is 60.9 Å². The highest BCUT2D eigenvalue weighted by molar-refractivity contribution is 7.46. The maximum atomic E-state index is 13.7. The molecule has 0 fully saturated rings. The largest absolute Gasteiger partial charge is 0.471 e. The van der Waals surface area contributed by atoms with Gasteiger partial charge in [-0.2, -0.15) is 0 Å². The van der Waals surface area contributed by atoms with Crippen molar-refractivity contribution in [3.8, 4) is 0 Å². The van der Waals surface area contributed by atoms with E-state index >= 15 is 0 Å². The molecule has 3 heterocycles. The first-order valence-corrected chi connectivity index (χ1v) is 14.6. The van der Waals surface area contributed by atoms with Crippen molar-refractivity contribution in [1.82, 2.24) is 14.0 Å². The van der Waals surface area contributed by atoms with Gasteiger partial charge in [-0.3, -0.25) is 19.0 Å². The number of amides is 2. The molecule has 5 rings (SSSR count). The minimum Gasteiger partial charge on any atom is -0.350 e. The van der Waals surface area contributed by atoms with Crippen LogP contribution in [0.4, 0.5) is 5.69 Å². The van der Waals surface area contributed by atoms with E-state index in [1.165, 1.54) is 11.8 Å². The fraction of sp³-hybridized carbons (Fsp3) is 0.276. The Bertz CT molecular complexity index is 1710. The molecule has 4 aromatic rings. The molecule has 0 saturated heterocycles. The molecule has 0 unspecified atom stereocenters. The topological polar surface area (TPSA) is 126 Å². The van der Waals surface area contributed by atoms with E-state index in [9.17, 15) is 23.9 Å². The summed E-state index contributed by atoms with van der Waals surface area (Å²) in [5.74, 6) is -1.42. The van der Waals surface area contributed by atoms with E-state index in [1.54, 1.807) is 24.5 Å². The number of carbonyl (C=O) groups excluding carboxylic acids is 2. The van der Waals surface area contributed by atoms with Crippen molar-refractivity contribution in [2.24, 2.45) is 14.1 Å². The number of benzene rings is 2. The Morgan fingerprint density at radius 3 is 1.90 bits per heavy atom. The highest BCUT2D eigenvalue weighted by Gasteiger charge is 2.42. The summed E-state index contributed by atoms with van der Waals surface area (Å²) in [6, 6.07) is 12.9. The quantitative estimate of drug-likeness (QED) is 0.103. The molecule has 0 saturated carbocycles. The fourth-order valence-electron chi connectivity index (χ4n) is 4.70. The molecule has 41 heavy (non-hydrogen) atoms. The summed E-state index contributed by atoms with van der Waals surface area (Å²) in [5.41, 5.74) is 3.56. The molecular formula is C29H36N4O7P+. The number of hydrogen-bond donors (Lipinski definition) is 2. The summed E-state index contributed by atoms with van der Waals surface area (Å²) >= 11 is 0. The molecule has 0 radical (unpaired) electrons. The van der Waals surface area contributed by atoms with Crippen LogP contribution >= 0.6 is 7.82 Å². The van der Waals surface area contributed by atoms with Crippen LogP contribution in [0.3, 0.4) is 0 Å². The lowest BCUT2D eigenvalue weighted by Crippen LogP contribution is -2.33. The molecule has 1 aliphatic heterocycles. The zero-order valence-corrected chi connectivity index (χ0v) is 25.2. The van der Waals surface area contributed by atoms with Crippen molar-refractivity contribution in [2.45, 2.75) is 27.7 Å². The number of phosphoric acid groups is 1. The molecule has 218 valence electrons.